The Hall–Kier alpha value is -2.37. The molecule has 0 N–H and O–H groups in total. The van der Waals surface area contributed by atoms with Gasteiger partial charge in [-0.05, 0) is 55.6 Å². The van der Waals surface area contributed by atoms with Crippen LogP contribution in [0.4, 0.5) is 5.69 Å². The molecule has 2 aromatic rings. The van der Waals surface area contributed by atoms with Gasteiger partial charge in [0.25, 0.3) is 0 Å². The molecular formula is C28H34N2O2S. The van der Waals surface area contributed by atoms with E-state index in [1.807, 2.05) is 24.3 Å². The molecular weight excluding hydrogens is 428 g/mol. The summed E-state index contributed by atoms with van der Waals surface area (Å²) in [7, 11) is 0. The molecule has 2 aliphatic heterocycles. The van der Waals surface area contributed by atoms with Crippen LogP contribution in [0.3, 0.4) is 0 Å². The highest BCUT2D eigenvalue weighted by molar-refractivity contribution is 8.14. The highest BCUT2D eigenvalue weighted by Crippen LogP contribution is 2.43. The van der Waals surface area contributed by atoms with Crippen LogP contribution in [0.2, 0.25) is 0 Å². The van der Waals surface area contributed by atoms with Crippen molar-refractivity contribution in [3.63, 3.8) is 0 Å². The van der Waals surface area contributed by atoms with Crippen LogP contribution < -0.4 is 4.90 Å². The average Bonchev–Trinajstić information content (AvgIpc) is 3.15. The number of carbonyl (C=O) groups excluding carboxylic acids is 2. The van der Waals surface area contributed by atoms with Crippen molar-refractivity contribution in [3.05, 3.63) is 65.7 Å². The predicted molar refractivity (Wildman–Crippen MR) is 138 cm³/mol. The Morgan fingerprint density at radius 1 is 1.03 bits per heavy atom. The van der Waals surface area contributed by atoms with Gasteiger partial charge in [-0.3, -0.25) is 14.5 Å². The third-order valence-corrected chi connectivity index (χ3v) is 7.93. The Morgan fingerprint density at radius 3 is 2.45 bits per heavy atom. The minimum Gasteiger partial charge on any atom is -0.369 e. The minimum absolute atomic E-state index is 0.000341. The Kier molecular flexibility index (Phi) is 8.05. The summed E-state index contributed by atoms with van der Waals surface area (Å²) in [6.45, 7) is 11.0. The molecule has 1 atom stereocenters. The van der Waals surface area contributed by atoms with E-state index in [2.05, 4.69) is 40.6 Å². The van der Waals surface area contributed by atoms with Gasteiger partial charge in [0, 0.05) is 42.3 Å². The normalized spacial score (nSPS) is 18.4. The van der Waals surface area contributed by atoms with Crippen LogP contribution in [-0.2, 0) is 4.79 Å². The van der Waals surface area contributed by atoms with E-state index in [0.29, 0.717) is 5.56 Å². The number of thioether (sulfide) groups is 1. The molecule has 0 aromatic heterocycles. The van der Waals surface area contributed by atoms with Gasteiger partial charge in [0.15, 0.2) is 5.78 Å². The largest absolute Gasteiger partial charge is 0.369 e. The van der Waals surface area contributed by atoms with Gasteiger partial charge < -0.3 is 4.90 Å². The number of ketones is 1. The quantitative estimate of drug-likeness (QED) is 0.319. The first-order valence-electron chi connectivity index (χ1n) is 12.1. The van der Waals surface area contributed by atoms with Crippen molar-refractivity contribution in [2.24, 2.45) is 0 Å². The molecule has 0 amide bonds. The van der Waals surface area contributed by atoms with Crippen LogP contribution in [0.1, 0.15) is 66.4 Å². The fourth-order valence-electron chi connectivity index (χ4n) is 4.80. The van der Waals surface area contributed by atoms with Gasteiger partial charge in [0.2, 0.25) is 5.12 Å². The van der Waals surface area contributed by atoms with Crippen LogP contribution in [0.15, 0.2) is 53.9 Å². The van der Waals surface area contributed by atoms with E-state index in [1.165, 1.54) is 42.3 Å². The first-order valence-corrected chi connectivity index (χ1v) is 12.9. The number of nitrogens with zero attached hydrogens (tertiary/aromatic N) is 2. The van der Waals surface area contributed by atoms with Gasteiger partial charge in [-0.25, -0.2) is 0 Å². The summed E-state index contributed by atoms with van der Waals surface area (Å²) in [5, 5.41) is 0.239. The second kappa shape index (κ2) is 11.2. The summed E-state index contributed by atoms with van der Waals surface area (Å²) in [5.74, 6) is 0.0533. The van der Waals surface area contributed by atoms with E-state index < -0.39 is 0 Å². The Balaban J connectivity index is 1.13. The third-order valence-electron chi connectivity index (χ3n) is 6.87. The Labute approximate surface area is 202 Å². The molecule has 174 valence electrons. The summed E-state index contributed by atoms with van der Waals surface area (Å²) in [6, 6.07) is 14.4. The maximum atomic E-state index is 12.5. The van der Waals surface area contributed by atoms with Crippen molar-refractivity contribution in [1.29, 1.82) is 0 Å². The minimum atomic E-state index is -0.000341. The second-order valence-corrected chi connectivity index (χ2v) is 10.2. The smallest absolute Gasteiger partial charge is 0.201 e. The predicted octanol–water partition coefficient (Wildman–Crippen LogP) is 6.02. The number of rotatable bonds is 10. The van der Waals surface area contributed by atoms with E-state index in [9.17, 15) is 9.59 Å². The highest BCUT2D eigenvalue weighted by atomic mass is 32.2. The molecule has 2 aliphatic rings. The molecule has 4 rings (SSSR count). The number of carbonyl (C=O) groups is 2. The number of anilines is 1. The number of hydrogen-bond acceptors (Lipinski definition) is 5. The maximum Gasteiger partial charge on any atom is 0.201 e. The molecule has 0 radical (unpaired) electrons. The molecule has 0 bridgehead atoms. The van der Waals surface area contributed by atoms with Gasteiger partial charge in [0.1, 0.15) is 0 Å². The highest BCUT2D eigenvalue weighted by Gasteiger charge is 2.31. The molecule has 33 heavy (non-hydrogen) atoms. The Bertz CT molecular complexity index is 993. The SMILES string of the molecule is C=Cc1ccc(N2CCN(CCCCCCC3C(=O)Sc4cc(C(C)=O)ccc43)CC2)cc1. The summed E-state index contributed by atoms with van der Waals surface area (Å²) in [5.41, 5.74) is 4.28. The number of piperazine rings is 1. The van der Waals surface area contributed by atoms with E-state index >= 15 is 0 Å². The molecule has 2 heterocycles. The number of unbranched alkanes of at least 4 members (excludes halogenated alkanes) is 3. The molecule has 5 heteroatoms. The van der Waals surface area contributed by atoms with Gasteiger partial charge in [-0.15, -0.1) is 0 Å². The number of hydrogen-bond donors (Lipinski definition) is 0. The van der Waals surface area contributed by atoms with E-state index in [0.717, 1.165) is 56.0 Å². The maximum absolute atomic E-state index is 12.5. The van der Waals surface area contributed by atoms with Crippen molar-refractivity contribution in [3.8, 4) is 0 Å². The first kappa shape index (κ1) is 23.8. The molecule has 4 nitrogen and oxygen atoms in total. The van der Waals surface area contributed by atoms with Crippen LogP contribution in [0, 0.1) is 0 Å². The zero-order chi connectivity index (χ0) is 23.2. The topological polar surface area (TPSA) is 40.6 Å². The van der Waals surface area contributed by atoms with Crippen LogP contribution in [0.25, 0.3) is 6.08 Å². The zero-order valence-electron chi connectivity index (χ0n) is 19.6. The molecule has 1 unspecified atom stereocenters. The summed E-state index contributed by atoms with van der Waals surface area (Å²) in [4.78, 5) is 30.1. The molecule has 2 aromatic carbocycles. The van der Waals surface area contributed by atoms with Crippen molar-refractivity contribution in [1.82, 2.24) is 4.90 Å². The standard InChI is InChI=1S/C28H34N2O2S/c1-3-22-9-12-24(13-10-22)30-18-16-29(17-19-30)15-7-5-4-6-8-26-25-14-11-23(21(2)31)20-27(25)33-28(26)32/h3,9-14,20,26H,1,4-8,15-19H2,2H3. The van der Waals surface area contributed by atoms with Crippen LogP contribution in [0.5, 0.6) is 0 Å². The number of benzene rings is 2. The number of fused-ring (bicyclic) bond motifs is 1. The fraction of sp³-hybridized carbons (Fsp3) is 0.429. The van der Waals surface area contributed by atoms with E-state index in [-0.39, 0.29) is 16.8 Å². The van der Waals surface area contributed by atoms with Crippen molar-refractivity contribution >= 4 is 34.4 Å². The van der Waals surface area contributed by atoms with Gasteiger partial charge in [-0.1, -0.05) is 67.9 Å². The summed E-state index contributed by atoms with van der Waals surface area (Å²) in [6.07, 6.45) is 7.50. The lowest BCUT2D eigenvalue weighted by Crippen LogP contribution is -2.46. The lowest BCUT2D eigenvalue weighted by atomic mass is 9.93. The van der Waals surface area contributed by atoms with Gasteiger partial charge >= 0.3 is 0 Å². The number of Topliss-reactive ketones (excluding diaryl/α,β-unsaturated/α-hetero) is 1. The monoisotopic (exact) mass is 462 g/mol. The lowest BCUT2D eigenvalue weighted by molar-refractivity contribution is -0.112. The Morgan fingerprint density at radius 2 is 1.76 bits per heavy atom. The van der Waals surface area contributed by atoms with Crippen LogP contribution >= 0.6 is 11.8 Å². The second-order valence-electron chi connectivity index (χ2n) is 9.11. The van der Waals surface area contributed by atoms with Crippen molar-refractivity contribution in [2.45, 2.75) is 49.8 Å². The molecule has 0 spiro atoms. The molecule has 0 aliphatic carbocycles. The average molecular weight is 463 g/mol. The molecule has 1 fully saturated rings. The van der Waals surface area contributed by atoms with E-state index in [4.69, 9.17) is 0 Å². The lowest BCUT2D eigenvalue weighted by Gasteiger charge is -2.36. The van der Waals surface area contributed by atoms with Crippen LogP contribution in [-0.4, -0.2) is 48.5 Å². The fourth-order valence-corrected chi connectivity index (χ4v) is 5.92. The van der Waals surface area contributed by atoms with Gasteiger partial charge in [0.05, 0.1) is 5.92 Å². The summed E-state index contributed by atoms with van der Waals surface area (Å²) < 4.78 is 0. The summed E-state index contributed by atoms with van der Waals surface area (Å²) >= 11 is 1.31. The van der Waals surface area contributed by atoms with E-state index in [1.54, 1.807) is 6.92 Å². The van der Waals surface area contributed by atoms with Crippen molar-refractivity contribution < 1.29 is 9.59 Å². The van der Waals surface area contributed by atoms with Gasteiger partial charge in [-0.2, -0.15) is 0 Å². The first-order chi connectivity index (χ1) is 16.0. The molecule has 1 saturated heterocycles. The zero-order valence-corrected chi connectivity index (χ0v) is 20.4. The molecule has 0 saturated carbocycles. The third kappa shape index (κ3) is 5.96. The van der Waals surface area contributed by atoms with Crippen molar-refractivity contribution in [2.75, 3.05) is 37.6 Å².